The second kappa shape index (κ2) is 13.2. The van der Waals surface area contributed by atoms with Gasteiger partial charge in [-0.15, -0.1) is 0 Å². The second-order valence-corrected chi connectivity index (χ2v) is 7.16. The summed E-state index contributed by atoms with van der Waals surface area (Å²) in [6.45, 7) is 1.30. The third-order valence-electron chi connectivity index (χ3n) is 4.47. The summed E-state index contributed by atoms with van der Waals surface area (Å²) in [5.41, 5.74) is 12.1. The largest absolute Gasteiger partial charge is 0.508 e. The van der Waals surface area contributed by atoms with Gasteiger partial charge >= 0.3 is 5.97 Å². The molecule has 3 atom stereocenters. The average molecular weight is 437 g/mol. The van der Waals surface area contributed by atoms with Crippen molar-refractivity contribution in [2.24, 2.45) is 11.5 Å². The Balaban J connectivity index is 2.63. The SMILES string of the molecule is CC(NC(=O)C(N)Cc1ccc(O)cc1)C(=O)NC(CCCCN)C(=O)NCC(=O)O. The molecule has 1 aromatic carbocycles. The summed E-state index contributed by atoms with van der Waals surface area (Å²) in [6.07, 6.45) is 1.67. The molecule has 0 aliphatic heterocycles. The van der Waals surface area contributed by atoms with Gasteiger partial charge in [0.1, 0.15) is 24.4 Å². The molecule has 3 unspecified atom stereocenters. The summed E-state index contributed by atoms with van der Waals surface area (Å²) in [6, 6.07) is 3.40. The van der Waals surface area contributed by atoms with Gasteiger partial charge in [-0.3, -0.25) is 19.2 Å². The van der Waals surface area contributed by atoms with Crippen LogP contribution in [-0.4, -0.2) is 65.1 Å². The number of carbonyl (C=O) groups excluding carboxylic acids is 3. The van der Waals surface area contributed by atoms with E-state index in [2.05, 4.69) is 16.0 Å². The fraction of sp³-hybridized carbons (Fsp3) is 0.500. The standard InChI is InChI=1S/C20H31N5O6/c1-12(24-19(30)15(22)10-13-5-7-14(26)8-6-13)18(29)25-16(4-2-3-9-21)20(31)23-11-17(27)28/h5-8,12,15-16,26H,2-4,9-11,21-22H2,1H3,(H,23,31)(H,24,30)(H,25,29)(H,27,28). The van der Waals surface area contributed by atoms with E-state index in [4.69, 9.17) is 16.6 Å². The minimum atomic E-state index is -1.20. The molecule has 0 aliphatic carbocycles. The Hall–Kier alpha value is -3.18. The van der Waals surface area contributed by atoms with E-state index >= 15 is 0 Å². The molecule has 0 aliphatic rings. The lowest BCUT2D eigenvalue weighted by molar-refractivity contribution is -0.138. The summed E-state index contributed by atoms with van der Waals surface area (Å²) in [4.78, 5) is 47.7. The quantitative estimate of drug-likeness (QED) is 0.182. The zero-order valence-electron chi connectivity index (χ0n) is 17.5. The lowest BCUT2D eigenvalue weighted by Gasteiger charge is -2.22. The highest BCUT2D eigenvalue weighted by molar-refractivity contribution is 5.93. The number of aromatic hydroxyl groups is 1. The summed E-state index contributed by atoms with van der Waals surface area (Å²) in [5, 5.41) is 25.3. The molecule has 0 fully saturated rings. The number of unbranched alkanes of at least 4 members (excludes halogenated alkanes) is 1. The van der Waals surface area contributed by atoms with Crippen LogP contribution in [-0.2, 0) is 25.6 Å². The Morgan fingerprint density at radius 3 is 2.23 bits per heavy atom. The zero-order chi connectivity index (χ0) is 23.4. The van der Waals surface area contributed by atoms with Crippen LogP contribution >= 0.6 is 0 Å². The smallest absolute Gasteiger partial charge is 0.322 e. The molecule has 9 N–H and O–H groups in total. The van der Waals surface area contributed by atoms with E-state index in [0.717, 1.165) is 5.56 Å². The molecule has 11 heteroatoms. The van der Waals surface area contributed by atoms with Gasteiger partial charge in [0.15, 0.2) is 0 Å². The van der Waals surface area contributed by atoms with Crippen LogP contribution in [0, 0.1) is 0 Å². The number of carboxylic acids is 1. The van der Waals surface area contributed by atoms with Crippen molar-refractivity contribution in [2.75, 3.05) is 13.1 Å². The van der Waals surface area contributed by atoms with Crippen molar-refractivity contribution in [3.05, 3.63) is 29.8 Å². The fourth-order valence-corrected chi connectivity index (χ4v) is 2.71. The number of phenols is 1. The topological polar surface area (TPSA) is 197 Å². The van der Waals surface area contributed by atoms with Crippen LogP contribution in [0.1, 0.15) is 31.7 Å². The van der Waals surface area contributed by atoms with E-state index in [1.807, 2.05) is 0 Å². The monoisotopic (exact) mass is 437 g/mol. The van der Waals surface area contributed by atoms with Gasteiger partial charge in [0, 0.05) is 0 Å². The van der Waals surface area contributed by atoms with Crippen LogP contribution < -0.4 is 27.4 Å². The molecule has 3 amide bonds. The van der Waals surface area contributed by atoms with Crippen molar-refractivity contribution in [1.82, 2.24) is 16.0 Å². The maximum absolute atomic E-state index is 12.5. The number of aliphatic carboxylic acids is 1. The number of hydrogen-bond donors (Lipinski definition) is 7. The van der Waals surface area contributed by atoms with Gasteiger partial charge in [0.05, 0.1) is 6.04 Å². The summed E-state index contributed by atoms with van der Waals surface area (Å²) in [7, 11) is 0. The van der Waals surface area contributed by atoms with Crippen LogP contribution in [0.3, 0.4) is 0 Å². The van der Waals surface area contributed by atoms with Crippen molar-refractivity contribution in [2.45, 2.75) is 50.7 Å². The molecule has 0 saturated carbocycles. The third-order valence-corrected chi connectivity index (χ3v) is 4.47. The van der Waals surface area contributed by atoms with E-state index in [-0.39, 0.29) is 18.6 Å². The Morgan fingerprint density at radius 2 is 1.65 bits per heavy atom. The highest BCUT2D eigenvalue weighted by Crippen LogP contribution is 2.11. The lowest BCUT2D eigenvalue weighted by Crippen LogP contribution is -2.55. The molecule has 11 nitrogen and oxygen atoms in total. The predicted molar refractivity (Wildman–Crippen MR) is 113 cm³/mol. The molecular weight excluding hydrogens is 406 g/mol. The van der Waals surface area contributed by atoms with Crippen molar-refractivity contribution >= 4 is 23.7 Å². The Kier molecular flexibility index (Phi) is 11.0. The van der Waals surface area contributed by atoms with E-state index in [1.165, 1.54) is 19.1 Å². The molecule has 1 rings (SSSR count). The normalized spacial score (nSPS) is 13.5. The molecule has 0 heterocycles. The molecular formula is C20H31N5O6. The molecule has 0 spiro atoms. The minimum Gasteiger partial charge on any atom is -0.508 e. The highest BCUT2D eigenvalue weighted by atomic mass is 16.4. The van der Waals surface area contributed by atoms with E-state index in [9.17, 15) is 24.3 Å². The van der Waals surface area contributed by atoms with Gasteiger partial charge < -0.3 is 37.6 Å². The zero-order valence-corrected chi connectivity index (χ0v) is 17.5. The van der Waals surface area contributed by atoms with Gasteiger partial charge in [0.25, 0.3) is 0 Å². The summed E-state index contributed by atoms with van der Waals surface area (Å²) in [5.74, 6) is -2.89. The van der Waals surface area contributed by atoms with E-state index < -0.39 is 48.4 Å². The van der Waals surface area contributed by atoms with Gasteiger partial charge in [-0.2, -0.15) is 0 Å². The van der Waals surface area contributed by atoms with Crippen molar-refractivity contribution in [1.29, 1.82) is 0 Å². The molecule has 0 saturated heterocycles. The first kappa shape index (κ1) is 25.9. The van der Waals surface area contributed by atoms with E-state index in [1.54, 1.807) is 12.1 Å². The first-order valence-electron chi connectivity index (χ1n) is 9.97. The molecule has 0 radical (unpaired) electrons. The molecule has 0 bridgehead atoms. The highest BCUT2D eigenvalue weighted by Gasteiger charge is 2.25. The van der Waals surface area contributed by atoms with Crippen molar-refractivity contribution < 1.29 is 29.4 Å². The maximum atomic E-state index is 12.5. The Bertz CT molecular complexity index is 755. The van der Waals surface area contributed by atoms with Crippen LogP contribution in [0.25, 0.3) is 0 Å². The summed E-state index contributed by atoms with van der Waals surface area (Å²) < 4.78 is 0. The fourth-order valence-electron chi connectivity index (χ4n) is 2.71. The van der Waals surface area contributed by atoms with Crippen LogP contribution in [0.5, 0.6) is 5.75 Å². The first-order chi connectivity index (χ1) is 14.6. The van der Waals surface area contributed by atoms with Crippen LogP contribution in [0.15, 0.2) is 24.3 Å². The van der Waals surface area contributed by atoms with Crippen molar-refractivity contribution in [3.8, 4) is 5.75 Å². The number of benzene rings is 1. The number of carboxylic acid groups (broad SMARTS) is 1. The molecule has 1 aromatic rings. The Labute approximate surface area is 180 Å². The van der Waals surface area contributed by atoms with Crippen LogP contribution in [0.4, 0.5) is 0 Å². The lowest BCUT2D eigenvalue weighted by atomic mass is 10.1. The van der Waals surface area contributed by atoms with Gasteiger partial charge in [0.2, 0.25) is 17.7 Å². The Morgan fingerprint density at radius 1 is 1.00 bits per heavy atom. The number of nitrogens with two attached hydrogens (primary N) is 2. The first-order valence-corrected chi connectivity index (χ1v) is 9.97. The second-order valence-electron chi connectivity index (χ2n) is 7.16. The third kappa shape index (κ3) is 9.92. The molecule has 31 heavy (non-hydrogen) atoms. The number of nitrogens with one attached hydrogen (secondary N) is 3. The number of carbonyl (C=O) groups is 4. The number of hydrogen-bond acceptors (Lipinski definition) is 7. The van der Waals surface area contributed by atoms with Crippen molar-refractivity contribution in [3.63, 3.8) is 0 Å². The predicted octanol–water partition coefficient (Wildman–Crippen LogP) is -1.42. The minimum absolute atomic E-state index is 0.0977. The van der Waals surface area contributed by atoms with E-state index in [0.29, 0.717) is 19.4 Å². The maximum Gasteiger partial charge on any atom is 0.322 e. The van der Waals surface area contributed by atoms with Crippen LogP contribution in [0.2, 0.25) is 0 Å². The molecule has 172 valence electrons. The van der Waals surface area contributed by atoms with Gasteiger partial charge in [-0.05, 0) is 56.8 Å². The number of amides is 3. The average Bonchev–Trinajstić information content (AvgIpc) is 2.72. The number of rotatable bonds is 13. The summed E-state index contributed by atoms with van der Waals surface area (Å²) >= 11 is 0. The number of phenolic OH excluding ortho intramolecular Hbond substituents is 1. The van der Waals surface area contributed by atoms with Gasteiger partial charge in [-0.25, -0.2) is 0 Å². The van der Waals surface area contributed by atoms with Gasteiger partial charge in [-0.1, -0.05) is 12.1 Å². The molecule has 0 aromatic heterocycles.